The average Bonchev–Trinajstić information content (AvgIpc) is 3.37. The number of anilines is 1. The van der Waals surface area contributed by atoms with E-state index in [1.807, 2.05) is 12.1 Å². The third kappa shape index (κ3) is 4.32. The molecule has 0 radical (unpaired) electrons. The first-order valence-electron chi connectivity index (χ1n) is 8.92. The third-order valence-electron chi connectivity index (χ3n) is 4.31. The molecule has 0 aliphatic carbocycles. The molecule has 7 nitrogen and oxygen atoms in total. The highest BCUT2D eigenvalue weighted by Crippen LogP contribution is 2.28. The summed E-state index contributed by atoms with van der Waals surface area (Å²) in [5.41, 5.74) is 1.84. The van der Waals surface area contributed by atoms with Gasteiger partial charge in [0.15, 0.2) is 0 Å². The lowest BCUT2D eigenvalue weighted by molar-refractivity contribution is -0.116. The van der Waals surface area contributed by atoms with Gasteiger partial charge in [-0.2, -0.15) is 4.98 Å². The SMILES string of the molecule is COc1ccc(Cl)cc1NC(=O)Cn1cccc1-c1nc(-c2cccc(Cl)c2)no1. The van der Waals surface area contributed by atoms with Gasteiger partial charge in [-0.15, -0.1) is 0 Å². The number of carbonyl (C=O) groups excluding carboxylic acids is 1. The van der Waals surface area contributed by atoms with Crippen LogP contribution in [0.2, 0.25) is 10.0 Å². The number of aromatic nitrogens is 3. The number of ether oxygens (including phenoxy) is 1. The van der Waals surface area contributed by atoms with Gasteiger partial charge in [-0.1, -0.05) is 40.5 Å². The van der Waals surface area contributed by atoms with Crippen molar-refractivity contribution in [1.29, 1.82) is 0 Å². The van der Waals surface area contributed by atoms with Crippen molar-refractivity contribution in [2.75, 3.05) is 12.4 Å². The topological polar surface area (TPSA) is 82.2 Å². The summed E-state index contributed by atoms with van der Waals surface area (Å²) in [5.74, 6) is 0.961. The van der Waals surface area contributed by atoms with E-state index in [0.717, 1.165) is 5.56 Å². The number of benzene rings is 2. The Balaban J connectivity index is 1.53. The lowest BCUT2D eigenvalue weighted by atomic mass is 10.2. The van der Waals surface area contributed by atoms with Gasteiger partial charge in [-0.05, 0) is 42.5 Å². The number of halogens is 2. The summed E-state index contributed by atoms with van der Waals surface area (Å²) in [7, 11) is 1.52. The minimum Gasteiger partial charge on any atom is -0.495 e. The largest absolute Gasteiger partial charge is 0.495 e. The highest BCUT2D eigenvalue weighted by atomic mass is 35.5. The second-order valence-electron chi connectivity index (χ2n) is 6.35. The van der Waals surface area contributed by atoms with Crippen molar-refractivity contribution in [1.82, 2.24) is 14.7 Å². The molecule has 2 heterocycles. The number of carbonyl (C=O) groups is 1. The smallest absolute Gasteiger partial charge is 0.274 e. The Kier molecular flexibility index (Phi) is 5.74. The van der Waals surface area contributed by atoms with Gasteiger partial charge in [-0.25, -0.2) is 0 Å². The van der Waals surface area contributed by atoms with Crippen molar-refractivity contribution in [3.8, 4) is 28.7 Å². The molecule has 30 heavy (non-hydrogen) atoms. The second kappa shape index (κ2) is 8.61. The van der Waals surface area contributed by atoms with Gasteiger partial charge in [-0.3, -0.25) is 4.79 Å². The van der Waals surface area contributed by atoms with Crippen LogP contribution in [-0.2, 0) is 11.3 Å². The molecular formula is C21H16Cl2N4O3. The maximum atomic E-state index is 12.6. The van der Waals surface area contributed by atoms with Crippen LogP contribution in [0.4, 0.5) is 5.69 Å². The molecule has 0 saturated heterocycles. The molecule has 0 unspecified atom stereocenters. The molecule has 152 valence electrons. The molecule has 0 fully saturated rings. The zero-order chi connectivity index (χ0) is 21.1. The fourth-order valence-electron chi connectivity index (χ4n) is 2.94. The molecule has 0 bridgehead atoms. The van der Waals surface area contributed by atoms with E-state index in [-0.39, 0.29) is 12.5 Å². The summed E-state index contributed by atoms with van der Waals surface area (Å²) in [4.78, 5) is 17.0. The van der Waals surface area contributed by atoms with Gasteiger partial charge in [0.2, 0.25) is 11.7 Å². The van der Waals surface area contributed by atoms with Gasteiger partial charge >= 0.3 is 0 Å². The van der Waals surface area contributed by atoms with E-state index >= 15 is 0 Å². The third-order valence-corrected chi connectivity index (χ3v) is 4.78. The lowest BCUT2D eigenvalue weighted by Gasteiger charge is -2.11. The summed E-state index contributed by atoms with van der Waals surface area (Å²) in [6.07, 6.45) is 1.76. The number of amides is 1. The highest BCUT2D eigenvalue weighted by Gasteiger charge is 2.16. The summed E-state index contributed by atoms with van der Waals surface area (Å²) in [5, 5.41) is 7.89. The molecular weight excluding hydrogens is 427 g/mol. The van der Waals surface area contributed by atoms with Crippen molar-refractivity contribution in [2.24, 2.45) is 0 Å². The van der Waals surface area contributed by atoms with Crippen LogP contribution in [0, 0.1) is 0 Å². The Morgan fingerprint density at radius 3 is 2.77 bits per heavy atom. The Morgan fingerprint density at radius 2 is 1.97 bits per heavy atom. The minimum atomic E-state index is -0.261. The van der Waals surface area contributed by atoms with E-state index < -0.39 is 0 Å². The van der Waals surface area contributed by atoms with E-state index in [2.05, 4.69) is 15.5 Å². The maximum Gasteiger partial charge on any atom is 0.274 e. The Morgan fingerprint density at radius 1 is 1.13 bits per heavy atom. The van der Waals surface area contributed by atoms with Gasteiger partial charge in [0.25, 0.3) is 5.89 Å². The van der Waals surface area contributed by atoms with Crippen LogP contribution in [0.15, 0.2) is 65.3 Å². The number of hydrogen-bond donors (Lipinski definition) is 1. The van der Waals surface area contributed by atoms with E-state index in [0.29, 0.717) is 38.9 Å². The van der Waals surface area contributed by atoms with Gasteiger partial charge in [0.05, 0.1) is 12.8 Å². The molecule has 4 aromatic rings. The molecule has 0 spiro atoms. The highest BCUT2D eigenvalue weighted by molar-refractivity contribution is 6.31. The fraction of sp³-hybridized carbons (Fsp3) is 0.0952. The number of hydrogen-bond acceptors (Lipinski definition) is 5. The summed E-state index contributed by atoms with van der Waals surface area (Å²) in [6, 6.07) is 15.8. The molecule has 0 aliphatic rings. The van der Waals surface area contributed by atoms with Crippen LogP contribution >= 0.6 is 23.2 Å². The normalized spacial score (nSPS) is 10.8. The molecule has 0 saturated carbocycles. The molecule has 0 aliphatic heterocycles. The van der Waals surface area contributed by atoms with Crippen molar-refractivity contribution < 1.29 is 14.1 Å². The number of rotatable bonds is 6. The number of nitrogens with zero attached hydrogens (tertiary/aromatic N) is 3. The standard InChI is InChI=1S/C21H16Cl2N4O3/c1-29-18-8-7-15(23)11-16(18)24-19(28)12-27-9-3-6-17(27)21-25-20(26-30-21)13-4-2-5-14(22)10-13/h2-11H,12H2,1H3,(H,24,28). The Labute approximate surface area is 182 Å². The van der Waals surface area contributed by atoms with E-state index in [1.54, 1.807) is 53.2 Å². The van der Waals surface area contributed by atoms with Crippen LogP contribution in [0.25, 0.3) is 23.0 Å². The lowest BCUT2D eigenvalue weighted by Crippen LogP contribution is -2.19. The quantitative estimate of drug-likeness (QED) is 0.445. The predicted molar refractivity (Wildman–Crippen MR) is 115 cm³/mol. The summed E-state index contributed by atoms with van der Waals surface area (Å²) >= 11 is 12.0. The number of nitrogens with one attached hydrogen (secondary N) is 1. The van der Waals surface area contributed by atoms with Crippen LogP contribution in [0.1, 0.15) is 0 Å². The minimum absolute atomic E-state index is 0.0346. The van der Waals surface area contributed by atoms with Crippen molar-refractivity contribution in [2.45, 2.75) is 6.54 Å². The van der Waals surface area contributed by atoms with E-state index in [4.69, 9.17) is 32.5 Å². The molecule has 4 rings (SSSR count). The van der Waals surface area contributed by atoms with Gasteiger partial charge < -0.3 is 19.1 Å². The number of methoxy groups -OCH3 is 1. The van der Waals surface area contributed by atoms with E-state index in [9.17, 15) is 4.79 Å². The van der Waals surface area contributed by atoms with Crippen LogP contribution in [-0.4, -0.2) is 27.7 Å². The van der Waals surface area contributed by atoms with Crippen LogP contribution < -0.4 is 10.1 Å². The summed E-state index contributed by atoms with van der Waals surface area (Å²) < 4.78 is 12.4. The van der Waals surface area contributed by atoms with Crippen molar-refractivity contribution in [3.63, 3.8) is 0 Å². The molecule has 2 aromatic carbocycles. The molecule has 1 N–H and O–H groups in total. The van der Waals surface area contributed by atoms with Gasteiger partial charge in [0.1, 0.15) is 18.0 Å². The molecule has 9 heteroatoms. The monoisotopic (exact) mass is 442 g/mol. The zero-order valence-electron chi connectivity index (χ0n) is 15.8. The average molecular weight is 443 g/mol. The fourth-order valence-corrected chi connectivity index (χ4v) is 3.30. The molecule has 2 aromatic heterocycles. The van der Waals surface area contributed by atoms with Crippen LogP contribution in [0.5, 0.6) is 5.75 Å². The maximum absolute atomic E-state index is 12.6. The van der Waals surface area contributed by atoms with E-state index in [1.165, 1.54) is 7.11 Å². The van der Waals surface area contributed by atoms with Crippen molar-refractivity contribution >= 4 is 34.8 Å². The second-order valence-corrected chi connectivity index (χ2v) is 7.22. The first-order valence-corrected chi connectivity index (χ1v) is 9.67. The first-order chi connectivity index (χ1) is 14.5. The van der Waals surface area contributed by atoms with Gasteiger partial charge in [0, 0.05) is 21.8 Å². The summed E-state index contributed by atoms with van der Waals surface area (Å²) in [6.45, 7) is 0.0346. The Bertz CT molecular complexity index is 1200. The zero-order valence-corrected chi connectivity index (χ0v) is 17.3. The van der Waals surface area contributed by atoms with Crippen molar-refractivity contribution in [3.05, 3.63) is 70.8 Å². The predicted octanol–water partition coefficient (Wildman–Crippen LogP) is 5.16. The van der Waals surface area contributed by atoms with Crippen LogP contribution in [0.3, 0.4) is 0 Å². The Hall–Kier alpha value is -3.29. The molecule has 1 amide bonds. The molecule has 0 atom stereocenters. The first kappa shape index (κ1) is 20.0.